The molecule has 0 saturated carbocycles. The molecule has 0 radical (unpaired) electrons. The van der Waals surface area contributed by atoms with E-state index < -0.39 is 44.8 Å². The molecule has 140 valence electrons. The highest BCUT2D eigenvalue weighted by Crippen LogP contribution is 2.51. The van der Waals surface area contributed by atoms with Crippen molar-refractivity contribution >= 4 is 7.82 Å². The van der Waals surface area contributed by atoms with E-state index in [0.29, 0.717) is 12.8 Å². The van der Waals surface area contributed by atoms with E-state index in [2.05, 4.69) is 9.05 Å². The molecule has 0 amide bonds. The van der Waals surface area contributed by atoms with E-state index in [1.54, 1.807) is 6.92 Å². The highest BCUT2D eigenvalue weighted by Gasteiger charge is 2.73. The standard InChI is InChI=1S/C11H18F7O4P/c1-3-5-6-21-23(19,20)22-8(4-2)7-9(12,13)10(14,15)11(16,17)18/h8H,3-7H2,1-2H3,(H,19,20). The molecule has 2 unspecified atom stereocenters. The molecule has 0 saturated heterocycles. The molecule has 0 fully saturated rings. The van der Waals surface area contributed by atoms with Gasteiger partial charge in [0.05, 0.1) is 12.7 Å². The van der Waals surface area contributed by atoms with Gasteiger partial charge in [0.2, 0.25) is 0 Å². The lowest BCUT2D eigenvalue weighted by Gasteiger charge is -2.31. The van der Waals surface area contributed by atoms with Crippen molar-refractivity contribution in [2.75, 3.05) is 6.61 Å². The summed E-state index contributed by atoms with van der Waals surface area (Å²) in [5, 5.41) is 0. The molecule has 0 aliphatic heterocycles. The lowest BCUT2D eigenvalue weighted by molar-refractivity contribution is -0.358. The van der Waals surface area contributed by atoms with Crippen LogP contribution in [0, 0.1) is 0 Å². The van der Waals surface area contributed by atoms with Crippen LogP contribution in [0.25, 0.3) is 0 Å². The van der Waals surface area contributed by atoms with E-state index in [1.807, 2.05) is 0 Å². The summed E-state index contributed by atoms with van der Waals surface area (Å²) in [6.07, 6.45) is -10.1. The van der Waals surface area contributed by atoms with E-state index in [0.717, 1.165) is 6.92 Å². The smallest absolute Gasteiger partial charge is 0.302 e. The van der Waals surface area contributed by atoms with Crippen molar-refractivity contribution in [3.8, 4) is 0 Å². The Bertz CT molecular complexity index is 414. The molecule has 0 rings (SSSR count). The summed E-state index contributed by atoms with van der Waals surface area (Å²) in [5.41, 5.74) is 0. The first kappa shape index (κ1) is 22.6. The molecule has 1 N–H and O–H groups in total. The Hall–Kier alpha value is -0.380. The Morgan fingerprint density at radius 1 is 1.09 bits per heavy atom. The molecule has 12 heteroatoms. The van der Waals surface area contributed by atoms with E-state index in [4.69, 9.17) is 0 Å². The number of hydrogen-bond acceptors (Lipinski definition) is 3. The Labute approximate surface area is 128 Å². The Balaban J connectivity index is 4.97. The molecular formula is C11H18F7O4P. The fourth-order valence-electron chi connectivity index (χ4n) is 1.42. The summed E-state index contributed by atoms with van der Waals surface area (Å²) < 4.78 is 108. The van der Waals surface area contributed by atoms with Crippen LogP contribution >= 0.6 is 7.82 Å². The van der Waals surface area contributed by atoms with Gasteiger partial charge in [-0.2, -0.15) is 30.7 Å². The van der Waals surface area contributed by atoms with Crippen molar-refractivity contribution in [2.45, 2.75) is 63.7 Å². The van der Waals surface area contributed by atoms with E-state index in [9.17, 15) is 40.2 Å². The molecule has 0 aromatic heterocycles. The number of rotatable bonds is 10. The van der Waals surface area contributed by atoms with Gasteiger partial charge in [-0.25, -0.2) is 4.57 Å². The van der Waals surface area contributed by atoms with Crippen molar-refractivity contribution in [3.05, 3.63) is 0 Å². The van der Waals surface area contributed by atoms with Gasteiger partial charge in [0.25, 0.3) is 0 Å². The molecule has 0 heterocycles. The van der Waals surface area contributed by atoms with Gasteiger partial charge in [-0.15, -0.1) is 0 Å². The van der Waals surface area contributed by atoms with Crippen LogP contribution in [-0.2, 0) is 13.6 Å². The minimum Gasteiger partial charge on any atom is -0.302 e. The topological polar surface area (TPSA) is 55.8 Å². The van der Waals surface area contributed by atoms with Crippen molar-refractivity contribution in [1.82, 2.24) is 0 Å². The summed E-state index contributed by atoms with van der Waals surface area (Å²) in [4.78, 5) is 9.26. The van der Waals surface area contributed by atoms with Crippen molar-refractivity contribution in [2.24, 2.45) is 0 Å². The Kier molecular flexibility index (Phi) is 8.00. The molecular weight excluding hydrogens is 360 g/mol. The summed E-state index contributed by atoms with van der Waals surface area (Å²) in [5.74, 6) is -11.8. The second kappa shape index (κ2) is 8.13. The van der Waals surface area contributed by atoms with Gasteiger partial charge in [0.15, 0.2) is 0 Å². The number of halogens is 7. The quantitative estimate of drug-likeness (QED) is 0.333. The summed E-state index contributed by atoms with van der Waals surface area (Å²) in [6, 6.07) is 0. The Morgan fingerprint density at radius 3 is 2.00 bits per heavy atom. The van der Waals surface area contributed by atoms with Gasteiger partial charge in [0, 0.05) is 6.42 Å². The summed E-state index contributed by atoms with van der Waals surface area (Å²) in [7, 11) is -4.83. The lowest BCUT2D eigenvalue weighted by atomic mass is 10.0. The Morgan fingerprint density at radius 2 is 1.61 bits per heavy atom. The van der Waals surface area contributed by atoms with Gasteiger partial charge >= 0.3 is 25.8 Å². The van der Waals surface area contributed by atoms with Crippen LogP contribution in [0.2, 0.25) is 0 Å². The zero-order chi connectivity index (χ0) is 18.5. The summed E-state index contributed by atoms with van der Waals surface area (Å²) >= 11 is 0. The zero-order valence-corrected chi connectivity index (χ0v) is 13.3. The molecule has 0 bridgehead atoms. The SMILES string of the molecule is CCCCOP(=O)(O)OC(CC)CC(F)(F)C(F)(F)C(F)(F)F. The average Bonchev–Trinajstić information content (AvgIpc) is 2.35. The van der Waals surface area contributed by atoms with Crippen LogP contribution < -0.4 is 0 Å². The van der Waals surface area contributed by atoms with Crippen LogP contribution in [0.3, 0.4) is 0 Å². The zero-order valence-electron chi connectivity index (χ0n) is 12.4. The number of alkyl halides is 7. The van der Waals surface area contributed by atoms with E-state index >= 15 is 0 Å². The lowest BCUT2D eigenvalue weighted by Crippen LogP contribution is -2.53. The first-order valence-corrected chi connectivity index (χ1v) is 8.17. The molecule has 0 aromatic carbocycles. The van der Waals surface area contributed by atoms with Gasteiger partial charge < -0.3 is 4.89 Å². The predicted molar refractivity (Wildman–Crippen MR) is 66.4 cm³/mol. The van der Waals surface area contributed by atoms with Gasteiger partial charge in [0.1, 0.15) is 0 Å². The average molecular weight is 378 g/mol. The monoisotopic (exact) mass is 378 g/mol. The van der Waals surface area contributed by atoms with Crippen LogP contribution in [-0.4, -0.2) is 35.6 Å². The third-order valence-corrected chi connectivity index (χ3v) is 3.86. The maximum atomic E-state index is 13.3. The fraction of sp³-hybridized carbons (Fsp3) is 1.00. The molecule has 0 spiro atoms. The largest absolute Gasteiger partial charge is 0.472 e. The third-order valence-electron chi connectivity index (χ3n) is 2.79. The first-order valence-electron chi connectivity index (χ1n) is 6.68. The van der Waals surface area contributed by atoms with Crippen LogP contribution in [0.15, 0.2) is 0 Å². The highest BCUT2D eigenvalue weighted by molar-refractivity contribution is 7.47. The second-order valence-electron chi connectivity index (χ2n) is 4.77. The second-order valence-corrected chi connectivity index (χ2v) is 6.18. The molecule has 2 atom stereocenters. The molecule has 23 heavy (non-hydrogen) atoms. The maximum absolute atomic E-state index is 13.3. The fourth-order valence-corrected chi connectivity index (χ4v) is 2.44. The molecule has 4 nitrogen and oxygen atoms in total. The normalized spacial score (nSPS) is 17.8. The highest BCUT2D eigenvalue weighted by atomic mass is 31.2. The van der Waals surface area contributed by atoms with Gasteiger partial charge in [-0.1, -0.05) is 20.3 Å². The molecule has 0 aromatic rings. The maximum Gasteiger partial charge on any atom is 0.472 e. The van der Waals surface area contributed by atoms with Crippen molar-refractivity contribution in [1.29, 1.82) is 0 Å². The van der Waals surface area contributed by atoms with Crippen molar-refractivity contribution < 1.29 is 49.2 Å². The van der Waals surface area contributed by atoms with Crippen LogP contribution in [0.1, 0.15) is 39.5 Å². The molecule has 0 aliphatic rings. The third kappa shape index (κ3) is 6.56. The number of phosphoric ester groups is 1. The molecule has 0 aliphatic carbocycles. The minimum atomic E-state index is -6.46. The predicted octanol–water partition coefficient (Wildman–Crippen LogP) is 4.92. The summed E-state index contributed by atoms with van der Waals surface area (Å²) in [6.45, 7) is 2.59. The number of hydrogen-bond donors (Lipinski definition) is 1. The van der Waals surface area contributed by atoms with Crippen LogP contribution in [0.4, 0.5) is 30.7 Å². The van der Waals surface area contributed by atoms with Gasteiger partial charge in [-0.05, 0) is 12.8 Å². The number of phosphoric acid groups is 1. The minimum absolute atomic E-state index is 0.254. The van der Waals surface area contributed by atoms with E-state index in [-0.39, 0.29) is 6.61 Å². The van der Waals surface area contributed by atoms with E-state index in [1.165, 1.54) is 0 Å². The van der Waals surface area contributed by atoms with Crippen LogP contribution in [0.5, 0.6) is 0 Å². The van der Waals surface area contributed by atoms with Gasteiger partial charge in [-0.3, -0.25) is 9.05 Å². The number of unbranched alkanes of at least 4 members (excludes halogenated alkanes) is 1. The van der Waals surface area contributed by atoms with Crippen molar-refractivity contribution in [3.63, 3.8) is 0 Å². The first-order chi connectivity index (χ1) is 10.2.